The minimum absolute atomic E-state index is 0.118. The van der Waals surface area contributed by atoms with E-state index in [-0.39, 0.29) is 11.5 Å². The predicted molar refractivity (Wildman–Crippen MR) is 89.1 cm³/mol. The van der Waals surface area contributed by atoms with Crippen molar-refractivity contribution >= 4 is 11.3 Å². The van der Waals surface area contributed by atoms with Crippen LogP contribution in [0.25, 0.3) is 0 Å². The van der Waals surface area contributed by atoms with E-state index >= 15 is 0 Å². The van der Waals surface area contributed by atoms with Gasteiger partial charge in [-0.1, -0.05) is 32.9 Å². The molecule has 0 saturated carbocycles. The molecule has 1 N–H and O–H groups in total. The van der Waals surface area contributed by atoms with Crippen molar-refractivity contribution in [2.75, 3.05) is 7.11 Å². The molecule has 4 heteroatoms. The van der Waals surface area contributed by atoms with E-state index in [1.54, 1.807) is 18.4 Å². The van der Waals surface area contributed by atoms with Crippen LogP contribution < -0.4 is 10.1 Å². The van der Waals surface area contributed by atoms with Gasteiger partial charge in [0.2, 0.25) is 0 Å². The van der Waals surface area contributed by atoms with Crippen LogP contribution in [0.4, 0.5) is 0 Å². The second kappa shape index (κ2) is 6.58. The molecule has 114 valence electrons. The molecule has 0 aliphatic heterocycles. The van der Waals surface area contributed by atoms with E-state index in [0.717, 1.165) is 17.3 Å². The van der Waals surface area contributed by atoms with Gasteiger partial charge in [-0.15, -0.1) is 11.3 Å². The van der Waals surface area contributed by atoms with Crippen LogP contribution in [0.3, 0.4) is 0 Å². The van der Waals surface area contributed by atoms with Crippen LogP contribution in [-0.2, 0) is 12.0 Å². The predicted octanol–water partition coefficient (Wildman–Crippen LogP) is 4.30. The molecule has 21 heavy (non-hydrogen) atoms. The van der Waals surface area contributed by atoms with Crippen molar-refractivity contribution in [1.82, 2.24) is 10.3 Å². The molecular weight excluding hydrogens is 280 g/mol. The van der Waals surface area contributed by atoms with Gasteiger partial charge in [-0.25, -0.2) is 4.98 Å². The number of aromatic nitrogens is 1. The highest BCUT2D eigenvalue weighted by molar-refractivity contribution is 7.09. The molecule has 1 atom stereocenters. The van der Waals surface area contributed by atoms with Crippen LogP contribution in [0.1, 0.15) is 50.0 Å². The summed E-state index contributed by atoms with van der Waals surface area (Å²) in [6.45, 7) is 9.53. The summed E-state index contributed by atoms with van der Waals surface area (Å²) >= 11 is 1.72. The molecule has 0 saturated heterocycles. The highest BCUT2D eigenvalue weighted by Crippen LogP contribution is 2.24. The molecular formula is C17H24N2OS. The van der Waals surface area contributed by atoms with Crippen molar-refractivity contribution < 1.29 is 4.74 Å². The van der Waals surface area contributed by atoms with Crippen LogP contribution in [0, 0.1) is 0 Å². The smallest absolute Gasteiger partial charge is 0.119 e. The number of ether oxygens (including phenoxy) is 1. The largest absolute Gasteiger partial charge is 0.497 e. The van der Waals surface area contributed by atoms with Gasteiger partial charge in [0.25, 0.3) is 0 Å². The van der Waals surface area contributed by atoms with Crippen molar-refractivity contribution in [3.8, 4) is 5.75 Å². The third-order valence-corrected chi connectivity index (χ3v) is 4.32. The summed E-state index contributed by atoms with van der Waals surface area (Å²) in [5.74, 6) is 0.894. The molecule has 2 rings (SSSR count). The Kier molecular flexibility index (Phi) is 5.01. The Morgan fingerprint density at radius 1 is 1.33 bits per heavy atom. The first-order valence-corrected chi connectivity index (χ1v) is 8.10. The van der Waals surface area contributed by atoms with E-state index in [0.29, 0.717) is 0 Å². The Hall–Kier alpha value is -1.39. The quantitative estimate of drug-likeness (QED) is 0.894. The van der Waals surface area contributed by atoms with Gasteiger partial charge >= 0.3 is 0 Å². The van der Waals surface area contributed by atoms with Crippen LogP contribution in [0.2, 0.25) is 0 Å². The van der Waals surface area contributed by atoms with E-state index in [1.807, 2.05) is 12.1 Å². The average Bonchev–Trinajstić information content (AvgIpc) is 2.94. The van der Waals surface area contributed by atoms with Crippen molar-refractivity contribution in [2.45, 2.75) is 45.7 Å². The number of nitrogens with one attached hydrogen (secondary N) is 1. The molecule has 0 radical (unpaired) electrons. The van der Waals surface area contributed by atoms with Gasteiger partial charge in [-0.3, -0.25) is 0 Å². The van der Waals surface area contributed by atoms with Crippen molar-refractivity contribution in [2.24, 2.45) is 0 Å². The van der Waals surface area contributed by atoms with Gasteiger partial charge in [0, 0.05) is 23.4 Å². The van der Waals surface area contributed by atoms with E-state index in [9.17, 15) is 0 Å². The summed E-state index contributed by atoms with van der Waals surface area (Å²) in [7, 11) is 1.70. The topological polar surface area (TPSA) is 34.1 Å². The molecule has 1 aromatic carbocycles. The van der Waals surface area contributed by atoms with Gasteiger partial charge in [-0.2, -0.15) is 0 Å². The van der Waals surface area contributed by atoms with Crippen molar-refractivity contribution in [1.29, 1.82) is 0 Å². The number of hydrogen-bond acceptors (Lipinski definition) is 4. The summed E-state index contributed by atoms with van der Waals surface area (Å²) in [4.78, 5) is 4.71. The average molecular weight is 304 g/mol. The Bertz CT molecular complexity index is 586. The van der Waals surface area contributed by atoms with Crippen molar-refractivity contribution in [3.05, 3.63) is 45.9 Å². The maximum absolute atomic E-state index is 5.27. The zero-order chi connectivity index (χ0) is 15.5. The lowest BCUT2D eigenvalue weighted by Gasteiger charge is -2.15. The third kappa shape index (κ3) is 4.29. The summed E-state index contributed by atoms with van der Waals surface area (Å²) in [5, 5.41) is 6.82. The highest BCUT2D eigenvalue weighted by Gasteiger charge is 2.17. The first kappa shape index (κ1) is 16.0. The SMILES string of the molecule is COc1cccc([C@H](C)NCc2nc(C(C)(C)C)cs2)c1. The fraction of sp³-hybridized carbons (Fsp3) is 0.471. The molecule has 0 fully saturated rings. The second-order valence-corrected chi connectivity index (χ2v) is 7.20. The maximum Gasteiger partial charge on any atom is 0.119 e. The fourth-order valence-electron chi connectivity index (χ4n) is 2.01. The van der Waals surface area contributed by atoms with E-state index < -0.39 is 0 Å². The van der Waals surface area contributed by atoms with Gasteiger partial charge < -0.3 is 10.1 Å². The summed E-state index contributed by atoms with van der Waals surface area (Å²) in [6.07, 6.45) is 0. The Balaban J connectivity index is 1.97. The Morgan fingerprint density at radius 2 is 2.10 bits per heavy atom. The van der Waals surface area contributed by atoms with Crippen LogP contribution in [0.5, 0.6) is 5.75 Å². The lowest BCUT2D eigenvalue weighted by atomic mass is 9.93. The van der Waals surface area contributed by atoms with Crippen LogP contribution in [-0.4, -0.2) is 12.1 Å². The van der Waals surface area contributed by atoms with Crippen molar-refractivity contribution in [3.63, 3.8) is 0 Å². The molecule has 3 nitrogen and oxygen atoms in total. The lowest BCUT2D eigenvalue weighted by molar-refractivity contribution is 0.413. The summed E-state index contributed by atoms with van der Waals surface area (Å²) in [6, 6.07) is 8.44. The third-order valence-electron chi connectivity index (χ3n) is 3.47. The van der Waals surface area contributed by atoms with Crippen LogP contribution >= 0.6 is 11.3 Å². The first-order valence-electron chi connectivity index (χ1n) is 7.22. The molecule has 0 aliphatic carbocycles. The number of rotatable bonds is 5. The van der Waals surface area contributed by atoms with Gasteiger partial charge in [0.15, 0.2) is 0 Å². The highest BCUT2D eigenvalue weighted by atomic mass is 32.1. The zero-order valence-corrected chi connectivity index (χ0v) is 14.3. The molecule has 0 amide bonds. The van der Waals surface area contributed by atoms with Gasteiger partial charge in [-0.05, 0) is 24.6 Å². The molecule has 1 heterocycles. The zero-order valence-electron chi connectivity index (χ0n) is 13.4. The number of benzene rings is 1. The molecule has 0 unspecified atom stereocenters. The first-order chi connectivity index (χ1) is 9.90. The molecule has 0 spiro atoms. The summed E-state index contributed by atoms with van der Waals surface area (Å²) in [5.41, 5.74) is 2.51. The van der Waals surface area contributed by atoms with E-state index in [1.165, 1.54) is 11.3 Å². The Labute approximate surface area is 131 Å². The molecule has 1 aromatic heterocycles. The van der Waals surface area contributed by atoms with Gasteiger partial charge in [0.1, 0.15) is 10.8 Å². The molecule has 0 bridgehead atoms. The maximum atomic E-state index is 5.27. The second-order valence-electron chi connectivity index (χ2n) is 6.26. The molecule has 0 aliphatic rings. The fourth-order valence-corrected chi connectivity index (χ4v) is 2.98. The van der Waals surface area contributed by atoms with E-state index in [4.69, 9.17) is 9.72 Å². The lowest BCUT2D eigenvalue weighted by Crippen LogP contribution is -2.18. The summed E-state index contributed by atoms with van der Waals surface area (Å²) < 4.78 is 5.27. The Morgan fingerprint density at radius 3 is 2.71 bits per heavy atom. The standard InChI is InChI=1S/C17H24N2OS/c1-12(13-7-6-8-14(9-13)20-5)18-10-16-19-15(11-21-16)17(2,3)4/h6-9,11-12,18H,10H2,1-5H3/t12-/m0/s1. The molecule has 2 aromatic rings. The minimum atomic E-state index is 0.118. The normalized spacial score (nSPS) is 13.2. The number of methoxy groups -OCH3 is 1. The van der Waals surface area contributed by atoms with Crippen LogP contribution in [0.15, 0.2) is 29.6 Å². The van der Waals surface area contributed by atoms with E-state index in [2.05, 4.69) is 50.5 Å². The monoisotopic (exact) mass is 304 g/mol. The number of hydrogen-bond donors (Lipinski definition) is 1. The number of thiazole rings is 1. The minimum Gasteiger partial charge on any atom is -0.497 e. The van der Waals surface area contributed by atoms with Gasteiger partial charge in [0.05, 0.1) is 12.8 Å². The number of nitrogens with zero attached hydrogens (tertiary/aromatic N) is 1.